The number of carbonyl (C=O) groups is 1. The number of oxazole rings is 1. The number of fused-ring (bicyclic) bond motifs is 1. The molecule has 0 unspecified atom stereocenters. The molecule has 24 heavy (non-hydrogen) atoms. The highest BCUT2D eigenvalue weighted by atomic mass is 32.1. The van der Waals surface area contributed by atoms with Gasteiger partial charge in [-0.2, -0.15) is 0 Å². The minimum absolute atomic E-state index is 0.116. The van der Waals surface area contributed by atoms with E-state index in [1.807, 2.05) is 18.2 Å². The summed E-state index contributed by atoms with van der Waals surface area (Å²) in [7, 11) is 0. The van der Waals surface area contributed by atoms with Crippen LogP contribution >= 0.6 is 11.3 Å². The molecule has 2 heterocycles. The van der Waals surface area contributed by atoms with E-state index in [1.165, 1.54) is 11.3 Å². The molecule has 0 bridgehead atoms. The largest absolute Gasteiger partial charge is 0.419 e. The number of carbonyl (C=O) groups excluding carboxylic acids is 1. The summed E-state index contributed by atoms with van der Waals surface area (Å²) >= 11 is 1.44. The van der Waals surface area contributed by atoms with Crippen molar-refractivity contribution in [1.29, 1.82) is 0 Å². The van der Waals surface area contributed by atoms with Crippen molar-refractivity contribution >= 4 is 33.5 Å². The van der Waals surface area contributed by atoms with Crippen LogP contribution in [0.3, 0.4) is 0 Å². The number of benzene rings is 1. The van der Waals surface area contributed by atoms with Gasteiger partial charge in [0.05, 0.1) is 5.52 Å². The number of hydrogen-bond donors (Lipinski definition) is 1. The lowest BCUT2D eigenvalue weighted by Crippen LogP contribution is -2.17. The minimum atomic E-state index is -0.394. The Morgan fingerprint density at radius 2 is 2.17 bits per heavy atom. The van der Waals surface area contributed by atoms with E-state index in [-0.39, 0.29) is 5.91 Å². The number of aryl methyl sites for hydroxylation is 1. The van der Waals surface area contributed by atoms with Crippen molar-refractivity contribution < 1.29 is 9.21 Å². The van der Waals surface area contributed by atoms with Gasteiger partial charge in [-0.15, -0.1) is 10.2 Å². The first-order valence-corrected chi connectivity index (χ1v) is 8.74. The molecule has 7 nitrogen and oxygen atoms in total. The van der Waals surface area contributed by atoms with Gasteiger partial charge in [0.25, 0.3) is 0 Å². The third-order valence-electron chi connectivity index (χ3n) is 3.97. The van der Waals surface area contributed by atoms with Crippen LogP contribution in [0, 0.1) is 0 Å². The summed E-state index contributed by atoms with van der Waals surface area (Å²) in [5.74, 6) is 0.0264. The van der Waals surface area contributed by atoms with Crippen molar-refractivity contribution in [2.24, 2.45) is 0 Å². The number of hydrogen-bond acceptors (Lipinski definition) is 6. The van der Waals surface area contributed by atoms with Gasteiger partial charge in [0.2, 0.25) is 11.0 Å². The van der Waals surface area contributed by atoms with E-state index in [9.17, 15) is 9.59 Å². The van der Waals surface area contributed by atoms with Crippen LogP contribution in [-0.4, -0.2) is 20.7 Å². The van der Waals surface area contributed by atoms with E-state index in [2.05, 4.69) is 15.5 Å². The van der Waals surface area contributed by atoms with Gasteiger partial charge in [-0.1, -0.05) is 23.5 Å². The van der Waals surface area contributed by atoms with Crippen molar-refractivity contribution in [3.63, 3.8) is 0 Å². The zero-order valence-corrected chi connectivity index (χ0v) is 13.7. The molecule has 0 spiro atoms. The van der Waals surface area contributed by atoms with Gasteiger partial charge in [0, 0.05) is 18.9 Å². The molecule has 0 radical (unpaired) electrons. The second kappa shape index (κ2) is 6.20. The monoisotopic (exact) mass is 344 g/mol. The summed E-state index contributed by atoms with van der Waals surface area (Å²) in [6, 6.07) is 7.27. The molecule has 1 aliphatic rings. The first kappa shape index (κ1) is 15.1. The van der Waals surface area contributed by atoms with Crippen LogP contribution in [-0.2, 0) is 11.3 Å². The molecule has 124 valence electrons. The fourth-order valence-electron chi connectivity index (χ4n) is 2.59. The van der Waals surface area contributed by atoms with E-state index in [1.54, 1.807) is 10.6 Å². The van der Waals surface area contributed by atoms with Crippen molar-refractivity contribution in [1.82, 2.24) is 14.8 Å². The van der Waals surface area contributed by atoms with E-state index in [0.29, 0.717) is 36.0 Å². The first-order chi connectivity index (χ1) is 11.7. The SMILES string of the molecule is O=C(CCCn1c(=O)oc2ccccc21)Nc1nnc(C2CC2)s1. The Kier molecular flexibility index (Phi) is 3.89. The third kappa shape index (κ3) is 3.09. The Morgan fingerprint density at radius 3 is 3.00 bits per heavy atom. The number of aromatic nitrogens is 3. The van der Waals surface area contributed by atoms with Crippen LogP contribution in [0.25, 0.3) is 11.1 Å². The lowest BCUT2D eigenvalue weighted by Gasteiger charge is -2.02. The second-order valence-corrected chi connectivity index (χ2v) is 6.87. The van der Waals surface area contributed by atoms with E-state index in [0.717, 1.165) is 23.4 Å². The Bertz CT molecular complexity index is 938. The molecule has 0 saturated heterocycles. The van der Waals surface area contributed by atoms with Gasteiger partial charge < -0.3 is 9.73 Å². The average molecular weight is 344 g/mol. The van der Waals surface area contributed by atoms with Crippen LogP contribution in [0.5, 0.6) is 0 Å². The number of nitrogens with one attached hydrogen (secondary N) is 1. The van der Waals surface area contributed by atoms with E-state index >= 15 is 0 Å². The molecule has 1 amide bonds. The molecule has 1 saturated carbocycles. The maximum absolute atomic E-state index is 12.0. The summed E-state index contributed by atoms with van der Waals surface area (Å²) in [6.45, 7) is 0.437. The second-order valence-electron chi connectivity index (χ2n) is 5.86. The quantitative estimate of drug-likeness (QED) is 0.742. The molecule has 3 aromatic rings. The predicted molar refractivity (Wildman–Crippen MR) is 90.2 cm³/mol. The fraction of sp³-hybridized carbons (Fsp3) is 0.375. The van der Waals surface area contributed by atoms with E-state index in [4.69, 9.17) is 4.42 Å². The third-order valence-corrected chi connectivity index (χ3v) is 4.97. The number of rotatable bonds is 6. The Hall–Kier alpha value is -2.48. The predicted octanol–water partition coefficient (Wildman–Crippen LogP) is 2.74. The summed E-state index contributed by atoms with van der Waals surface area (Å²) < 4.78 is 6.73. The molecule has 1 N–H and O–H groups in total. The van der Waals surface area contributed by atoms with Crippen LogP contribution in [0.4, 0.5) is 5.13 Å². The van der Waals surface area contributed by atoms with Crippen LogP contribution in [0.15, 0.2) is 33.5 Å². The van der Waals surface area contributed by atoms with Crippen LogP contribution in [0.1, 0.15) is 36.6 Å². The first-order valence-electron chi connectivity index (χ1n) is 7.92. The number of amides is 1. The van der Waals surface area contributed by atoms with Crippen molar-refractivity contribution in [2.75, 3.05) is 5.32 Å². The van der Waals surface area contributed by atoms with Gasteiger partial charge in [-0.25, -0.2) is 4.79 Å². The molecule has 4 rings (SSSR count). The normalized spacial score (nSPS) is 14.2. The van der Waals surface area contributed by atoms with Gasteiger partial charge in [0.15, 0.2) is 5.58 Å². The van der Waals surface area contributed by atoms with Gasteiger partial charge in [0.1, 0.15) is 5.01 Å². The Labute approximate surface area is 141 Å². The summed E-state index contributed by atoms with van der Waals surface area (Å²) in [5.41, 5.74) is 1.31. The highest BCUT2D eigenvalue weighted by Crippen LogP contribution is 2.42. The maximum Gasteiger partial charge on any atom is 0.419 e. The van der Waals surface area contributed by atoms with Crippen molar-refractivity contribution in [2.45, 2.75) is 38.1 Å². The zero-order chi connectivity index (χ0) is 16.5. The summed E-state index contributed by atoms with van der Waals surface area (Å²) in [4.78, 5) is 23.9. The summed E-state index contributed by atoms with van der Waals surface area (Å²) in [6.07, 6.45) is 3.18. The molecule has 8 heteroatoms. The smallest absolute Gasteiger partial charge is 0.408 e. The fourth-order valence-corrected chi connectivity index (χ4v) is 3.51. The molecular formula is C16H16N4O3S. The van der Waals surface area contributed by atoms with Gasteiger partial charge in [-0.05, 0) is 31.4 Å². The molecule has 1 aliphatic carbocycles. The number of nitrogens with zero attached hydrogens (tertiary/aromatic N) is 3. The Morgan fingerprint density at radius 1 is 1.33 bits per heavy atom. The molecular weight excluding hydrogens is 328 g/mol. The van der Waals surface area contributed by atoms with Crippen LogP contribution in [0.2, 0.25) is 0 Å². The van der Waals surface area contributed by atoms with Gasteiger partial charge >= 0.3 is 5.76 Å². The number of anilines is 1. The van der Waals surface area contributed by atoms with Gasteiger partial charge in [-0.3, -0.25) is 9.36 Å². The molecule has 2 aromatic heterocycles. The van der Waals surface area contributed by atoms with E-state index < -0.39 is 5.76 Å². The lowest BCUT2D eigenvalue weighted by molar-refractivity contribution is -0.116. The standard InChI is InChI=1S/C16H16N4O3S/c21-13(17-15-19-18-14(24-15)10-7-8-10)6-3-9-20-11-4-1-2-5-12(11)23-16(20)22/h1-2,4-5,10H,3,6-9H2,(H,17,19,21). The zero-order valence-electron chi connectivity index (χ0n) is 12.9. The van der Waals surface area contributed by atoms with Crippen molar-refractivity contribution in [3.05, 3.63) is 39.8 Å². The highest BCUT2D eigenvalue weighted by molar-refractivity contribution is 7.15. The topological polar surface area (TPSA) is 90.0 Å². The molecule has 0 aliphatic heterocycles. The Balaban J connectivity index is 1.33. The lowest BCUT2D eigenvalue weighted by atomic mass is 10.3. The minimum Gasteiger partial charge on any atom is -0.408 e. The van der Waals surface area contributed by atoms with Crippen molar-refractivity contribution in [3.8, 4) is 0 Å². The average Bonchev–Trinajstić information content (AvgIpc) is 3.24. The number of para-hydroxylation sites is 2. The van der Waals surface area contributed by atoms with Crippen LogP contribution < -0.4 is 11.1 Å². The summed E-state index contributed by atoms with van der Waals surface area (Å²) in [5, 5.41) is 12.4. The highest BCUT2D eigenvalue weighted by Gasteiger charge is 2.27. The molecule has 1 aromatic carbocycles. The molecule has 0 atom stereocenters. The molecule has 1 fully saturated rings. The maximum atomic E-state index is 12.0.